The lowest BCUT2D eigenvalue weighted by molar-refractivity contribution is -0.115. The molecule has 33 heavy (non-hydrogen) atoms. The summed E-state index contributed by atoms with van der Waals surface area (Å²) in [5, 5.41) is 8.13. The van der Waals surface area contributed by atoms with E-state index >= 15 is 0 Å². The molecule has 168 valence electrons. The maximum atomic E-state index is 13.0. The Morgan fingerprint density at radius 1 is 1.36 bits per heavy atom. The number of anilines is 1. The number of hydrogen-bond donors (Lipinski definition) is 1. The van der Waals surface area contributed by atoms with Crippen molar-refractivity contribution in [3.8, 4) is 0 Å². The molecular weight excluding hydrogens is 418 g/mol. The minimum atomic E-state index is -0.151. The van der Waals surface area contributed by atoms with Crippen molar-refractivity contribution in [3.63, 3.8) is 0 Å². The van der Waals surface area contributed by atoms with Crippen molar-refractivity contribution in [1.82, 2.24) is 24.3 Å². The van der Waals surface area contributed by atoms with Crippen LogP contribution in [-0.4, -0.2) is 42.9 Å². The molecule has 9 heteroatoms. The molecule has 0 radical (unpaired) electrons. The van der Waals surface area contributed by atoms with Crippen molar-refractivity contribution in [2.45, 2.75) is 45.3 Å². The molecule has 1 aliphatic rings. The Balaban J connectivity index is 1.62. The van der Waals surface area contributed by atoms with E-state index in [1.807, 2.05) is 26.1 Å². The van der Waals surface area contributed by atoms with E-state index in [1.165, 1.54) is 0 Å². The lowest BCUT2D eigenvalue weighted by atomic mass is 10.0. The van der Waals surface area contributed by atoms with E-state index in [0.29, 0.717) is 23.8 Å². The third-order valence-corrected chi connectivity index (χ3v) is 6.13. The number of nitrogens with zero attached hydrogens (tertiary/aromatic N) is 6. The zero-order valence-corrected chi connectivity index (χ0v) is 18.9. The van der Waals surface area contributed by atoms with Crippen LogP contribution in [0.5, 0.6) is 0 Å². The van der Waals surface area contributed by atoms with E-state index in [4.69, 9.17) is 16.3 Å². The van der Waals surface area contributed by atoms with Crippen molar-refractivity contribution in [2.24, 2.45) is 7.05 Å². The van der Waals surface area contributed by atoms with Crippen molar-refractivity contribution >= 4 is 39.2 Å². The second-order valence-electron chi connectivity index (χ2n) is 8.59. The van der Waals surface area contributed by atoms with Crippen LogP contribution in [0.1, 0.15) is 37.3 Å². The first-order valence-corrected chi connectivity index (χ1v) is 11.0. The number of amides is 1. The van der Waals surface area contributed by atoms with Crippen molar-refractivity contribution in [1.29, 1.82) is 0 Å². The summed E-state index contributed by atoms with van der Waals surface area (Å²) in [6.07, 6.45) is 5.44. The van der Waals surface area contributed by atoms with Gasteiger partial charge in [0.2, 0.25) is 5.91 Å². The molecule has 4 heterocycles. The van der Waals surface area contributed by atoms with E-state index in [-0.39, 0.29) is 24.5 Å². The number of carbonyl (C=O) groups excluding carboxylic acids is 1. The Labute approximate surface area is 191 Å². The largest absolute Gasteiger partial charge is 0.378 e. The van der Waals surface area contributed by atoms with Gasteiger partial charge >= 0.3 is 0 Å². The molecule has 0 saturated carbocycles. The number of benzene rings is 1. The first-order chi connectivity index (χ1) is 15.9. The van der Waals surface area contributed by atoms with Gasteiger partial charge < -0.3 is 14.6 Å². The molecule has 0 spiro atoms. The molecule has 0 unspecified atom stereocenters. The Morgan fingerprint density at radius 3 is 2.94 bits per heavy atom. The van der Waals surface area contributed by atoms with Gasteiger partial charge in [-0.25, -0.2) is 9.83 Å². The maximum absolute atomic E-state index is 13.0. The van der Waals surface area contributed by atoms with Crippen LogP contribution < -0.4 is 5.32 Å². The van der Waals surface area contributed by atoms with Crippen LogP contribution in [0.2, 0.25) is 0 Å². The molecule has 1 aliphatic heterocycles. The second-order valence-corrected chi connectivity index (χ2v) is 8.59. The molecule has 4 aromatic rings. The number of imidazole rings is 1. The molecule has 3 aromatic heterocycles. The molecule has 1 saturated heterocycles. The quantitative estimate of drug-likeness (QED) is 0.480. The molecule has 5 rings (SSSR count). The van der Waals surface area contributed by atoms with Gasteiger partial charge in [0.15, 0.2) is 5.69 Å². The standard InChI is InChI=1S/C24H25N7O2/c1-14-9-17(7-8-33-14)31-22(11-23(32)28-21-13-30(4)29-15(21)2)27-20-12-26-19-6-5-16(25-3)10-18(19)24(20)31/h5-6,10,12-14,17H,7-9,11H2,1-2,4H3,(H,28,32)/t14-,17-/m1/s1. The van der Waals surface area contributed by atoms with Gasteiger partial charge in [0.25, 0.3) is 0 Å². The fraction of sp³-hybridized carbons (Fsp3) is 0.375. The van der Waals surface area contributed by atoms with Gasteiger partial charge in [-0.05, 0) is 38.8 Å². The van der Waals surface area contributed by atoms with E-state index in [1.54, 1.807) is 23.1 Å². The molecule has 1 fully saturated rings. The number of ether oxygens (including phenoxy) is 1. The first kappa shape index (κ1) is 21.1. The number of aryl methyl sites for hydroxylation is 2. The van der Waals surface area contributed by atoms with Gasteiger partial charge in [-0.3, -0.25) is 14.5 Å². The van der Waals surface area contributed by atoms with E-state index < -0.39 is 0 Å². The summed E-state index contributed by atoms with van der Waals surface area (Å²) in [6.45, 7) is 12.0. The number of nitrogens with one attached hydrogen (secondary N) is 1. The fourth-order valence-corrected chi connectivity index (χ4v) is 4.67. The molecular formula is C24H25N7O2. The minimum absolute atomic E-state index is 0.118. The van der Waals surface area contributed by atoms with E-state index in [0.717, 1.165) is 40.5 Å². The molecule has 1 amide bonds. The zero-order valence-electron chi connectivity index (χ0n) is 18.9. The summed E-state index contributed by atoms with van der Waals surface area (Å²) >= 11 is 0. The average molecular weight is 444 g/mol. The lowest BCUT2D eigenvalue weighted by Crippen LogP contribution is -2.27. The SMILES string of the molecule is [C-]#[N+]c1ccc2ncc3nc(CC(=O)Nc4cn(C)nc4C)n([C@@H]4CCO[C@H](C)C4)c3c2c1. The van der Waals surface area contributed by atoms with Crippen molar-refractivity contribution < 1.29 is 9.53 Å². The fourth-order valence-electron chi connectivity index (χ4n) is 4.67. The van der Waals surface area contributed by atoms with Gasteiger partial charge in [-0.2, -0.15) is 5.10 Å². The predicted molar refractivity (Wildman–Crippen MR) is 125 cm³/mol. The first-order valence-electron chi connectivity index (χ1n) is 11.0. The highest BCUT2D eigenvalue weighted by atomic mass is 16.5. The maximum Gasteiger partial charge on any atom is 0.232 e. The summed E-state index contributed by atoms with van der Waals surface area (Å²) < 4.78 is 9.64. The van der Waals surface area contributed by atoms with Crippen LogP contribution in [0.4, 0.5) is 11.4 Å². The molecule has 2 atom stereocenters. The van der Waals surface area contributed by atoms with Crippen molar-refractivity contribution in [3.05, 3.63) is 53.5 Å². The van der Waals surface area contributed by atoms with Crippen LogP contribution in [-0.2, 0) is 23.0 Å². The van der Waals surface area contributed by atoms with Crippen molar-refractivity contribution in [2.75, 3.05) is 11.9 Å². The molecule has 9 nitrogen and oxygen atoms in total. The van der Waals surface area contributed by atoms with Gasteiger partial charge in [0.1, 0.15) is 11.3 Å². The molecule has 1 N–H and O–H groups in total. The number of aromatic nitrogens is 5. The minimum Gasteiger partial charge on any atom is -0.378 e. The van der Waals surface area contributed by atoms with Gasteiger partial charge in [-0.1, -0.05) is 6.07 Å². The summed E-state index contributed by atoms with van der Waals surface area (Å²) in [5.41, 5.74) is 4.46. The Bertz CT molecular complexity index is 1410. The number of fused-ring (bicyclic) bond motifs is 3. The molecule has 1 aromatic carbocycles. The number of hydrogen-bond acceptors (Lipinski definition) is 5. The lowest BCUT2D eigenvalue weighted by Gasteiger charge is -2.30. The number of rotatable bonds is 4. The normalized spacial score (nSPS) is 18.5. The third-order valence-electron chi connectivity index (χ3n) is 6.13. The Hall–Kier alpha value is -3.77. The highest BCUT2D eigenvalue weighted by Gasteiger charge is 2.27. The van der Waals surface area contributed by atoms with Crippen LogP contribution in [0.15, 0.2) is 30.6 Å². The van der Waals surface area contributed by atoms with E-state index in [9.17, 15) is 4.79 Å². The second kappa shape index (κ2) is 8.30. The highest BCUT2D eigenvalue weighted by Crippen LogP contribution is 2.35. The van der Waals surface area contributed by atoms with Gasteiger partial charge in [-0.15, -0.1) is 0 Å². The highest BCUT2D eigenvalue weighted by molar-refractivity contribution is 6.04. The third kappa shape index (κ3) is 3.94. The van der Waals surface area contributed by atoms with Crippen LogP contribution in [0.3, 0.4) is 0 Å². The molecule has 0 bridgehead atoms. The smallest absolute Gasteiger partial charge is 0.232 e. The van der Waals surface area contributed by atoms with E-state index in [2.05, 4.69) is 31.7 Å². The Morgan fingerprint density at radius 2 is 2.21 bits per heavy atom. The van der Waals surface area contributed by atoms with Crippen LogP contribution in [0.25, 0.3) is 26.8 Å². The summed E-state index contributed by atoms with van der Waals surface area (Å²) in [4.78, 5) is 26.0. The summed E-state index contributed by atoms with van der Waals surface area (Å²) in [6, 6.07) is 5.64. The number of pyridine rings is 1. The summed E-state index contributed by atoms with van der Waals surface area (Å²) in [7, 11) is 1.82. The summed E-state index contributed by atoms with van der Waals surface area (Å²) in [5.74, 6) is 0.535. The van der Waals surface area contributed by atoms with Crippen LogP contribution >= 0.6 is 0 Å². The van der Waals surface area contributed by atoms with Gasteiger partial charge in [0, 0.05) is 31.3 Å². The topological polar surface area (TPSA) is 91.2 Å². The predicted octanol–water partition coefficient (Wildman–Crippen LogP) is 4.10. The van der Waals surface area contributed by atoms with Gasteiger partial charge in [0.05, 0.1) is 47.7 Å². The Kier molecular flexibility index (Phi) is 5.30. The van der Waals surface area contributed by atoms with Crippen LogP contribution in [0, 0.1) is 13.5 Å². The number of carbonyl (C=O) groups is 1. The monoisotopic (exact) mass is 443 g/mol. The molecule has 0 aliphatic carbocycles. The zero-order chi connectivity index (χ0) is 23.1. The average Bonchev–Trinajstić information content (AvgIpc) is 3.31.